The molecule has 3 rings (SSSR count). The highest BCUT2D eigenvalue weighted by Gasteiger charge is 2.14. The fourth-order valence-corrected chi connectivity index (χ4v) is 2.45. The van der Waals surface area contributed by atoms with Crippen LogP contribution in [0.15, 0.2) is 59.0 Å². The first-order valence-corrected chi connectivity index (χ1v) is 8.07. The van der Waals surface area contributed by atoms with Gasteiger partial charge in [-0.2, -0.15) is 0 Å². The Morgan fingerprint density at radius 3 is 2.52 bits per heavy atom. The second kappa shape index (κ2) is 7.66. The normalized spacial score (nSPS) is 10.5. The topological polar surface area (TPSA) is 64.4 Å². The van der Waals surface area contributed by atoms with Crippen LogP contribution in [0, 0.1) is 6.92 Å². The van der Waals surface area contributed by atoms with Crippen molar-refractivity contribution in [2.24, 2.45) is 0 Å². The van der Waals surface area contributed by atoms with E-state index < -0.39 is 0 Å². The van der Waals surface area contributed by atoms with Crippen molar-refractivity contribution >= 4 is 5.91 Å². The summed E-state index contributed by atoms with van der Waals surface area (Å²) in [5.74, 6) is 1.82. The van der Waals surface area contributed by atoms with E-state index in [2.05, 4.69) is 10.3 Å². The third-order valence-corrected chi connectivity index (χ3v) is 3.88. The second-order valence-corrected chi connectivity index (χ2v) is 5.70. The predicted octanol–water partition coefficient (Wildman–Crippen LogP) is 3.52. The van der Waals surface area contributed by atoms with Gasteiger partial charge in [0, 0.05) is 12.1 Å². The van der Waals surface area contributed by atoms with Crippen LogP contribution in [0.2, 0.25) is 0 Å². The molecule has 0 saturated carbocycles. The first-order chi connectivity index (χ1) is 12.2. The lowest BCUT2D eigenvalue weighted by Crippen LogP contribution is -2.24. The minimum Gasteiger partial charge on any atom is -0.497 e. The fraction of sp³-hybridized carbons (Fsp3) is 0.200. The predicted molar refractivity (Wildman–Crippen MR) is 95.2 cm³/mol. The molecule has 3 aromatic rings. The summed E-state index contributed by atoms with van der Waals surface area (Å²) in [5, 5.41) is 2.89. The molecule has 1 aromatic heterocycles. The largest absolute Gasteiger partial charge is 0.497 e. The fourth-order valence-electron chi connectivity index (χ4n) is 2.45. The van der Waals surface area contributed by atoms with Crippen molar-refractivity contribution in [3.63, 3.8) is 0 Å². The van der Waals surface area contributed by atoms with E-state index in [0.717, 1.165) is 22.6 Å². The van der Waals surface area contributed by atoms with Gasteiger partial charge in [0.25, 0.3) is 0 Å². The van der Waals surface area contributed by atoms with Gasteiger partial charge in [0.05, 0.1) is 19.2 Å². The van der Waals surface area contributed by atoms with Crippen molar-refractivity contribution in [3.05, 3.63) is 71.6 Å². The number of amides is 1. The van der Waals surface area contributed by atoms with Gasteiger partial charge in [-0.15, -0.1) is 0 Å². The molecule has 2 aromatic carbocycles. The number of nitrogens with zero attached hydrogens (tertiary/aromatic N) is 1. The smallest absolute Gasteiger partial charge is 0.227 e. The van der Waals surface area contributed by atoms with Gasteiger partial charge in [0.1, 0.15) is 11.5 Å². The number of carbonyl (C=O) groups excluding carboxylic acids is 1. The molecule has 1 heterocycles. The van der Waals surface area contributed by atoms with Gasteiger partial charge in [-0.3, -0.25) is 4.79 Å². The van der Waals surface area contributed by atoms with Crippen LogP contribution in [-0.4, -0.2) is 18.0 Å². The van der Waals surface area contributed by atoms with Crippen LogP contribution in [0.4, 0.5) is 0 Å². The van der Waals surface area contributed by atoms with E-state index >= 15 is 0 Å². The molecule has 0 aliphatic heterocycles. The van der Waals surface area contributed by atoms with Gasteiger partial charge in [-0.1, -0.05) is 30.3 Å². The van der Waals surface area contributed by atoms with E-state index in [1.54, 1.807) is 7.11 Å². The number of aryl methyl sites for hydroxylation is 1. The highest BCUT2D eigenvalue weighted by Crippen LogP contribution is 2.21. The minimum absolute atomic E-state index is 0.102. The molecule has 128 valence electrons. The second-order valence-electron chi connectivity index (χ2n) is 5.70. The van der Waals surface area contributed by atoms with Crippen LogP contribution in [0.3, 0.4) is 0 Å². The Kier molecular flexibility index (Phi) is 5.14. The Hall–Kier alpha value is -3.08. The summed E-state index contributed by atoms with van der Waals surface area (Å²) in [6, 6.07) is 17.2. The monoisotopic (exact) mass is 336 g/mol. The standard InChI is InChI=1S/C20H20N2O3/c1-14-18(25-20(22-14)16-6-4-3-5-7-16)12-19(23)21-13-15-8-10-17(24-2)11-9-15/h3-11H,12-13H2,1-2H3,(H,21,23). The molecule has 0 atom stereocenters. The van der Waals surface area contributed by atoms with Gasteiger partial charge >= 0.3 is 0 Å². The van der Waals surface area contributed by atoms with Crippen LogP contribution < -0.4 is 10.1 Å². The van der Waals surface area contributed by atoms with Gasteiger partial charge in [0.15, 0.2) is 0 Å². The van der Waals surface area contributed by atoms with Crippen LogP contribution in [0.1, 0.15) is 17.0 Å². The number of aromatic nitrogens is 1. The summed E-state index contributed by atoms with van der Waals surface area (Å²) in [7, 11) is 1.63. The summed E-state index contributed by atoms with van der Waals surface area (Å²) in [5.41, 5.74) is 2.64. The number of nitrogens with one attached hydrogen (secondary N) is 1. The summed E-state index contributed by atoms with van der Waals surface area (Å²) >= 11 is 0. The highest BCUT2D eigenvalue weighted by atomic mass is 16.5. The van der Waals surface area contributed by atoms with Crippen LogP contribution in [0.25, 0.3) is 11.5 Å². The average molecular weight is 336 g/mol. The Morgan fingerprint density at radius 1 is 1.12 bits per heavy atom. The van der Waals surface area contributed by atoms with E-state index in [9.17, 15) is 4.79 Å². The highest BCUT2D eigenvalue weighted by molar-refractivity contribution is 5.78. The number of hydrogen-bond acceptors (Lipinski definition) is 4. The van der Waals surface area contributed by atoms with Crippen molar-refractivity contribution in [2.75, 3.05) is 7.11 Å². The molecule has 0 aliphatic carbocycles. The Labute approximate surface area is 146 Å². The SMILES string of the molecule is COc1ccc(CNC(=O)Cc2oc(-c3ccccc3)nc2C)cc1. The molecule has 1 amide bonds. The molecular formula is C20H20N2O3. The van der Waals surface area contributed by atoms with E-state index in [4.69, 9.17) is 9.15 Å². The number of methoxy groups -OCH3 is 1. The van der Waals surface area contributed by atoms with Crippen molar-refractivity contribution < 1.29 is 13.9 Å². The van der Waals surface area contributed by atoms with Crippen LogP contribution in [-0.2, 0) is 17.8 Å². The van der Waals surface area contributed by atoms with Crippen molar-refractivity contribution in [1.82, 2.24) is 10.3 Å². The van der Waals surface area contributed by atoms with Gasteiger partial charge in [-0.25, -0.2) is 4.98 Å². The number of hydrogen-bond donors (Lipinski definition) is 1. The summed E-state index contributed by atoms with van der Waals surface area (Å²) < 4.78 is 10.9. The Bertz CT molecular complexity index is 839. The van der Waals surface area contributed by atoms with Crippen LogP contribution >= 0.6 is 0 Å². The zero-order valence-electron chi connectivity index (χ0n) is 14.3. The maximum absolute atomic E-state index is 12.2. The number of ether oxygens (including phenoxy) is 1. The first-order valence-electron chi connectivity index (χ1n) is 8.07. The van der Waals surface area contributed by atoms with E-state index in [1.165, 1.54) is 0 Å². The number of oxazole rings is 1. The lowest BCUT2D eigenvalue weighted by atomic mass is 10.2. The zero-order valence-corrected chi connectivity index (χ0v) is 14.3. The Balaban J connectivity index is 1.60. The number of rotatable bonds is 6. The molecule has 0 bridgehead atoms. The van der Waals surface area contributed by atoms with Gasteiger partial charge in [0.2, 0.25) is 11.8 Å². The lowest BCUT2D eigenvalue weighted by molar-refractivity contribution is -0.120. The lowest BCUT2D eigenvalue weighted by Gasteiger charge is -2.05. The molecule has 0 saturated heterocycles. The number of benzene rings is 2. The molecule has 0 radical (unpaired) electrons. The van der Waals surface area contributed by atoms with Gasteiger partial charge < -0.3 is 14.5 Å². The van der Waals surface area contributed by atoms with Crippen molar-refractivity contribution in [3.8, 4) is 17.2 Å². The third kappa shape index (κ3) is 4.26. The van der Waals surface area contributed by atoms with Crippen molar-refractivity contribution in [1.29, 1.82) is 0 Å². The Morgan fingerprint density at radius 2 is 1.84 bits per heavy atom. The summed E-state index contributed by atoms with van der Waals surface area (Å²) in [6.45, 7) is 2.31. The zero-order chi connectivity index (χ0) is 17.6. The van der Waals surface area contributed by atoms with Crippen molar-refractivity contribution in [2.45, 2.75) is 19.9 Å². The molecule has 0 unspecified atom stereocenters. The van der Waals surface area contributed by atoms with E-state index in [1.807, 2.05) is 61.5 Å². The molecular weight excluding hydrogens is 316 g/mol. The minimum atomic E-state index is -0.102. The molecule has 25 heavy (non-hydrogen) atoms. The molecule has 5 heteroatoms. The molecule has 0 fully saturated rings. The maximum Gasteiger partial charge on any atom is 0.227 e. The van der Waals surface area contributed by atoms with Gasteiger partial charge in [-0.05, 0) is 36.8 Å². The average Bonchev–Trinajstić information content (AvgIpc) is 3.01. The van der Waals surface area contributed by atoms with E-state index in [-0.39, 0.29) is 12.3 Å². The van der Waals surface area contributed by atoms with E-state index in [0.29, 0.717) is 18.2 Å². The number of carbonyl (C=O) groups is 1. The molecule has 5 nitrogen and oxygen atoms in total. The first kappa shape index (κ1) is 16.8. The molecule has 1 N–H and O–H groups in total. The maximum atomic E-state index is 12.2. The molecule has 0 aliphatic rings. The molecule has 0 spiro atoms. The van der Waals surface area contributed by atoms with Crippen LogP contribution in [0.5, 0.6) is 5.75 Å². The summed E-state index contributed by atoms with van der Waals surface area (Å²) in [6.07, 6.45) is 0.168. The third-order valence-electron chi connectivity index (χ3n) is 3.88. The quantitative estimate of drug-likeness (QED) is 0.748. The summed E-state index contributed by atoms with van der Waals surface area (Å²) in [4.78, 5) is 16.6.